The zero-order valence-corrected chi connectivity index (χ0v) is 10.3. The van der Waals surface area contributed by atoms with Crippen LogP contribution in [0.2, 0.25) is 0 Å². The Morgan fingerprint density at radius 3 is 3.11 bits per heavy atom. The van der Waals surface area contributed by atoms with Crippen LogP contribution in [0.15, 0.2) is 0 Å². The summed E-state index contributed by atoms with van der Waals surface area (Å²) in [5, 5.41) is 16.8. The molecule has 0 aliphatic carbocycles. The third kappa shape index (κ3) is 2.25. The van der Waals surface area contributed by atoms with E-state index in [1.54, 1.807) is 4.68 Å². The van der Waals surface area contributed by atoms with Gasteiger partial charge in [-0.15, -0.1) is 0 Å². The second kappa shape index (κ2) is 4.68. The van der Waals surface area contributed by atoms with Crippen LogP contribution in [-0.2, 0) is 24.2 Å². The van der Waals surface area contributed by atoms with E-state index in [4.69, 9.17) is 5.11 Å². The Labute approximate surface area is 105 Å². The van der Waals surface area contributed by atoms with E-state index in [0.29, 0.717) is 18.9 Å². The van der Waals surface area contributed by atoms with Crippen molar-refractivity contribution < 1.29 is 9.90 Å². The van der Waals surface area contributed by atoms with Crippen molar-refractivity contribution in [1.29, 1.82) is 0 Å². The molecule has 2 N–H and O–H groups in total. The summed E-state index contributed by atoms with van der Waals surface area (Å²) >= 11 is 0. The van der Waals surface area contributed by atoms with Gasteiger partial charge in [-0.2, -0.15) is 5.10 Å². The van der Waals surface area contributed by atoms with E-state index in [9.17, 15) is 4.79 Å². The molecule has 2 atom stereocenters. The average molecular weight is 250 g/mol. The second-order valence-electron chi connectivity index (χ2n) is 5.26. The molecule has 0 bridgehead atoms. The largest absolute Gasteiger partial charge is 0.481 e. The van der Waals surface area contributed by atoms with Crippen molar-refractivity contribution in [3.8, 4) is 0 Å². The maximum absolute atomic E-state index is 11.0. The number of carbonyl (C=O) groups is 1. The predicted octanol–water partition coefficient (Wildman–Crippen LogP) is 0.0771. The maximum atomic E-state index is 11.0. The highest BCUT2D eigenvalue weighted by Crippen LogP contribution is 2.20. The molecule has 1 fully saturated rings. The fraction of sp³-hybridized carbons (Fsp3) is 0.750. The number of aromatic nitrogens is 3. The molecular formula is C12H18N4O2. The standard InChI is InChI=1S/C12H18N4O2/c17-12(18)9-1-2-11-14-10(15-16(11)7-9)5-8-3-4-13-6-8/h8-9,13H,1-7H2,(H,17,18). The first-order chi connectivity index (χ1) is 8.72. The molecule has 3 heterocycles. The number of aryl methyl sites for hydroxylation is 1. The molecule has 0 aromatic carbocycles. The van der Waals surface area contributed by atoms with Crippen molar-refractivity contribution in [1.82, 2.24) is 20.1 Å². The molecule has 0 amide bonds. The number of nitrogens with zero attached hydrogens (tertiary/aromatic N) is 3. The van der Waals surface area contributed by atoms with E-state index in [-0.39, 0.29) is 5.92 Å². The van der Waals surface area contributed by atoms with Crippen molar-refractivity contribution in [2.24, 2.45) is 11.8 Å². The van der Waals surface area contributed by atoms with Gasteiger partial charge in [0, 0.05) is 12.8 Å². The number of nitrogens with one attached hydrogen (secondary N) is 1. The number of rotatable bonds is 3. The molecule has 0 saturated carbocycles. The van der Waals surface area contributed by atoms with Crippen LogP contribution in [0.25, 0.3) is 0 Å². The summed E-state index contributed by atoms with van der Waals surface area (Å²) in [6, 6.07) is 0. The van der Waals surface area contributed by atoms with Crippen molar-refractivity contribution in [2.75, 3.05) is 13.1 Å². The highest BCUT2D eigenvalue weighted by atomic mass is 16.4. The average Bonchev–Trinajstić information content (AvgIpc) is 2.96. The molecule has 0 spiro atoms. The Morgan fingerprint density at radius 2 is 2.39 bits per heavy atom. The molecule has 2 unspecified atom stereocenters. The zero-order chi connectivity index (χ0) is 12.5. The molecule has 3 rings (SSSR count). The number of carboxylic acid groups (broad SMARTS) is 1. The zero-order valence-electron chi connectivity index (χ0n) is 10.3. The number of hydrogen-bond donors (Lipinski definition) is 2. The van der Waals surface area contributed by atoms with Gasteiger partial charge in [0.15, 0.2) is 5.82 Å². The Morgan fingerprint density at radius 1 is 1.50 bits per heavy atom. The fourth-order valence-electron chi connectivity index (χ4n) is 2.80. The summed E-state index contributed by atoms with van der Waals surface area (Å²) in [4.78, 5) is 15.5. The van der Waals surface area contributed by atoms with Gasteiger partial charge in [0.2, 0.25) is 0 Å². The van der Waals surface area contributed by atoms with Crippen molar-refractivity contribution in [3.05, 3.63) is 11.6 Å². The van der Waals surface area contributed by atoms with Gasteiger partial charge in [-0.05, 0) is 31.8 Å². The molecule has 98 valence electrons. The van der Waals surface area contributed by atoms with Gasteiger partial charge in [-0.25, -0.2) is 9.67 Å². The lowest BCUT2D eigenvalue weighted by Crippen LogP contribution is -2.27. The van der Waals surface area contributed by atoms with Crippen LogP contribution in [0.1, 0.15) is 24.5 Å². The normalized spacial score (nSPS) is 27.1. The van der Waals surface area contributed by atoms with Crippen LogP contribution >= 0.6 is 0 Å². The van der Waals surface area contributed by atoms with Crippen LogP contribution in [0, 0.1) is 11.8 Å². The van der Waals surface area contributed by atoms with E-state index < -0.39 is 5.97 Å². The molecule has 2 aliphatic rings. The highest BCUT2D eigenvalue weighted by molar-refractivity contribution is 5.70. The lowest BCUT2D eigenvalue weighted by Gasteiger charge is -2.18. The summed E-state index contributed by atoms with van der Waals surface area (Å²) in [6.07, 6.45) is 3.50. The fourth-order valence-corrected chi connectivity index (χ4v) is 2.80. The number of aliphatic carboxylic acids is 1. The number of hydrogen-bond acceptors (Lipinski definition) is 4. The number of carboxylic acids is 1. The van der Waals surface area contributed by atoms with E-state index in [0.717, 1.165) is 37.6 Å². The van der Waals surface area contributed by atoms with Crippen LogP contribution in [0.5, 0.6) is 0 Å². The van der Waals surface area contributed by atoms with Crippen LogP contribution in [-0.4, -0.2) is 38.9 Å². The second-order valence-corrected chi connectivity index (χ2v) is 5.26. The quantitative estimate of drug-likeness (QED) is 0.794. The minimum atomic E-state index is -0.724. The molecule has 1 aromatic rings. The molecule has 1 saturated heterocycles. The van der Waals surface area contributed by atoms with Gasteiger partial charge in [-0.3, -0.25) is 4.79 Å². The van der Waals surface area contributed by atoms with E-state index in [1.165, 1.54) is 6.42 Å². The molecular weight excluding hydrogens is 232 g/mol. The van der Waals surface area contributed by atoms with Gasteiger partial charge in [-0.1, -0.05) is 0 Å². The minimum Gasteiger partial charge on any atom is -0.481 e. The smallest absolute Gasteiger partial charge is 0.308 e. The lowest BCUT2D eigenvalue weighted by molar-refractivity contribution is -0.142. The third-order valence-corrected chi connectivity index (χ3v) is 3.88. The Balaban J connectivity index is 1.70. The van der Waals surface area contributed by atoms with Gasteiger partial charge >= 0.3 is 5.97 Å². The third-order valence-electron chi connectivity index (χ3n) is 3.88. The van der Waals surface area contributed by atoms with Crippen molar-refractivity contribution in [3.63, 3.8) is 0 Å². The summed E-state index contributed by atoms with van der Waals surface area (Å²) < 4.78 is 1.79. The first kappa shape index (κ1) is 11.6. The SMILES string of the molecule is O=C(O)C1CCc2nc(CC3CCNC3)nn2C1. The lowest BCUT2D eigenvalue weighted by atomic mass is 10.0. The summed E-state index contributed by atoms with van der Waals surface area (Å²) in [7, 11) is 0. The highest BCUT2D eigenvalue weighted by Gasteiger charge is 2.27. The molecule has 0 radical (unpaired) electrons. The molecule has 1 aromatic heterocycles. The van der Waals surface area contributed by atoms with E-state index in [2.05, 4.69) is 15.4 Å². The number of fused-ring (bicyclic) bond motifs is 1. The van der Waals surface area contributed by atoms with Gasteiger partial charge < -0.3 is 10.4 Å². The van der Waals surface area contributed by atoms with Crippen LogP contribution < -0.4 is 5.32 Å². The molecule has 6 heteroatoms. The van der Waals surface area contributed by atoms with Crippen molar-refractivity contribution in [2.45, 2.75) is 32.2 Å². The van der Waals surface area contributed by atoms with Crippen molar-refractivity contribution >= 4 is 5.97 Å². The Hall–Kier alpha value is -1.43. The minimum absolute atomic E-state index is 0.305. The Bertz CT molecular complexity index is 451. The summed E-state index contributed by atoms with van der Waals surface area (Å²) in [5.41, 5.74) is 0. The molecule has 2 aliphatic heterocycles. The van der Waals surface area contributed by atoms with E-state index in [1.807, 2.05) is 0 Å². The first-order valence-corrected chi connectivity index (χ1v) is 6.58. The molecule has 6 nitrogen and oxygen atoms in total. The van der Waals surface area contributed by atoms with E-state index >= 15 is 0 Å². The monoisotopic (exact) mass is 250 g/mol. The predicted molar refractivity (Wildman–Crippen MR) is 64.1 cm³/mol. The van der Waals surface area contributed by atoms with Gasteiger partial charge in [0.25, 0.3) is 0 Å². The first-order valence-electron chi connectivity index (χ1n) is 6.58. The summed E-state index contributed by atoms with van der Waals surface area (Å²) in [5.74, 6) is 1.43. The Kier molecular flexibility index (Phi) is 3.03. The van der Waals surface area contributed by atoms with Crippen LogP contribution in [0.4, 0.5) is 0 Å². The van der Waals surface area contributed by atoms with Gasteiger partial charge in [0.1, 0.15) is 5.82 Å². The van der Waals surface area contributed by atoms with Gasteiger partial charge in [0.05, 0.1) is 12.5 Å². The maximum Gasteiger partial charge on any atom is 0.308 e. The molecule has 18 heavy (non-hydrogen) atoms. The summed E-state index contributed by atoms with van der Waals surface area (Å²) in [6.45, 7) is 2.60. The van der Waals surface area contributed by atoms with Crippen LogP contribution in [0.3, 0.4) is 0 Å². The topological polar surface area (TPSA) is 80.0 Å².